The molecule has 1 aromatic carbocycles. The predicted molar refractivity (Wildman–Crippen MR) is 87.4 cm³/mol. The summed E-state index contributed by atoms with van der Waals surface area (Å²) in [6.45, 7) is 8.98. The number of nitrogens with zero attached hydrogens (tertiary/aromatic N) is 1. The molecule has 0 aromatic heterocycles. The topological polar surface area (TPSA) is 44.7 Å². The molecule has 0 fully saturated rings. The third-order valence-corrected chi connectivity index (χ3v) is 2.91. The van der Waals surface area contributed by atoms with E-state index in [0.717, 1.165) is 11.4 Å². The SMILES string of the molecule is C=CCNC(=S)N(CC(C)O)c1ccc(OCC)cc1. The Balaban J connectivity index is 2.85. The van der Waals surface area contributed by atoms with Gasteiger partial charge in [0.25, 0.3) is 0 Å². The first kappa shape index (κ1) is 16.5. The van der Waals surface area contributed by atoms with Crippen molar-refractivity contribution in [2.45, 2.75) is 20.0 Å². The molecule has 0 radical (unpaired) electrons. The van der Waals surface area contributed by atoms with Gasteiger partial charge >= 0.3 is 0 Å². The fourth-order valence-electron chi connectivity index (χ4n) is 1.71. The van der Waals surface area contributed by atoms with E-state index < -0.39 is 6.10 Å². The van der Waals surface area contributed by atoms with Gasteiger partial charge in [-0.1, -0.05) is 6.08 Å². The summed E-state index contributed by atoms with van der Waals surface area (Å²) >= 11 is 5.35. The Kier molecular flexibility index (Phi) is 7.04. The second kappa shape index (κ2) is 8.55. The van der Waals surface area contributed by atoms with E-state index in [1.807, 2.05) is 36.1 Å². The molecule has 1 rings (SSSR count). The zero-order valence-corrected chi connectivity index (χ0v) is 12.8. The summed E-state index contributed by atoms with van der Waals surface area (Å²) in [7, 11) is 0. The molecule has 5 heteroatoms. The van der Waals surface area contributed by atoms with Gasteiger partial charge in [0.05, 0.1) is 19.3 Å². The van der Waals surface area contributed by atoms with Crippen LogP contribution in [0.3, 0.4) is 0 Å². The minimum atomic E-state index is -0.481. The predicted octanol–water partition coefficient (Wildman–Crippen LogP) is 2.33. The highest BCUT2D eigenvalue weighted by Gasteiger charge is 2.14. The maximum absolute atomic E-state index is 9.62. The van der Waals surface area contributed by atoms with Crippen LogP contribution in [0.2, 0.25) is 0 Å². The van der Waals surface area contributed by atoms with Crippen LogP contribution in [0.15, 0.2) is 36.9 Å². The number of hydrogen-bond donors (Lipinski definition) is 2. The van der Waals surface area contributed by atoms with Crippen LogP contribution in [0.4, 0.5) is 5.69 Å². The number of rotatable bonds is 7. The van der Waals surface area contributed by atoms with Gasteiger partial charge in [-0.3, -0.25) is 0 Å². The summed E-state index contributed by atoms with van der Waals surface area (Å²) in [5, 5.41) is 13.3. The lowest BCUT2D eigenvalue weighted by Crippen LogP contribution is -2.43. The molecule has 0 aliphatic heterocycles. The normalized spacial score (nSPS) is 11.6. The number of benzene rings is 1. The zero-order valence-electron chi connectivity index (χ0n) is 12.0. The number of ether oxygens (including phenoxy) is 1. The molecule has 1 unspecified atom stereocenters. The monoisotopic (exact) mass is 294 g/mol. The van der Waals surface area contributed by atoms with Crippen molar-refractivity contribution in [3.63, 3.8) is 0 Å². The molecular formula is C15H22N2O2S. The highest BCUT2D eigenvalue weighted by Crippen LogP contribution is 2.20. The average molecular weight is 294 g/mol. The van der Waals surface area contributed by atoms with Crippen molar-refractivity contribution >= 4 is 23.0 Å². The van der Waals surface area contributed by atoms with Gasteiger partial charge in [-0.05, 0) is 50.3 Å². The maximum Gasteiger partial charge on any atom is 0.173 e. The summed E-state index contributed by atoms with van der Waals surface area (Å²) in [6, 6.07) is 7.64. The molecule has 0 saturated heterocycles. The summed E-state index contributed by atoms with van der Waals surface area (Å²) in [6.07, 6.45) is 1.26. The first-order chi connectivity index (χ1) is 9.58. The van der Waals surface area contributed by atoms with Gasteiger partial charge in [-0.15, -0.1) is 6.58 Å². The van der Waals surface area contributed by atoms with Gasteiger partial charge < -0.3 is 20.1 Å². The summed E-state index contributed by atoms with van der Waals surface area (Å²) in [5.74, 6) is 0.818. The number of thiocarbonyl (C=S) groups is 1. The van der Waals surface area contributed by atoms with Gasteiger partial charge in [0.2, 0.25) is 0 Å². The van der Waals surface area contributed by atoms with Crippen LogP contribution in [0.25, 0.3) is 0 Å². The van der Waals surface area contributed by atoms with Gasteiger partial charge in [0, 0.05) is 12.2 Å². The van der Waals surface area contributed by atoms with E-state index in [4.69, 9.17) is 17.0 Å². The number of anilines is 1. The quantitative estimate of drug-likeness (QED) is 0.597. The van der Waals surface area contributed by atoms with E-state index in [9.17, 15) is 5.11 Å². The molecular weight excluding hydrogens is 272 g/mol. The second-order valence-corrected chi connectivity index (χ2v) is 4.75. The molecule has 0 aliphatic carbocycles. The number of aliphatic hydroxyl groups is 1. The van der Waals surface area contributed by atoms with E-state index >= 15 is 0 Å². The molecule has 0 aliphatic rings. The molecule has 2 N–H and O–H groups in total. The van der Waals surface area contributed by atoms with E-state index in [2.05, 4.69) is 11.9 Å². The van der Waals surface area contributed by atoms with Gasteiger partial charge in [0.15, 0.2) is 5.11 Å². The van der Waals surface area contributed by atoms with Crippen LogP contribution < -0.4 is 15.0 Å². The van der Waals surface area contributed by atoms with E-state index in [0.29, 0.717) is 24.8 Å². The van der Waals surface area contributed by atoms with Crippen molar-refractivity contribution in [2.75, 3.05) is 24.6 Å². The fraction of sp³-hybridized carbons (Fsp3) is 0.400. The maximum atomic E-state index is 9.62. The Morgan fingerprint density at radius 2 is 2.15 bits per heavy atom. The van der Waals surface area contributed by atoms with Gasteiger partial charge in [0.1, 0.15) is 5.75 Å². The highest BCUT2D eigenvalue weighted by molar-refractivity contribution is 7.80. The van der Waals surface area contributed by atoms with Crippen LogP contribution in [-0.4, -0.2) is 36.0 Å². The smallest absolute Gasteiger partial charge is 0.173 e. The summed E-state index contributed by atoms with van der Waals surface area (Å²) in [5.41, 5.74) is 0.913. The van der Waals surface area contributed by atoms with Crippen molar-refractivity contribution < 1.29 is 9.84 Å². The van der Waals surface area contributed by atoms with E-state index in [-0.39, 0.29) is 0 Å². The largest absolute Gasteiger partial charge is 0.494 e. The number of nitrogens with one attached hydrogen (secondary N) is 1. The van der Waals surface area contributed by atoms with Crippen molar-refractivity contribution in [3.8, 4) is 5.75 Å². The molecule has 20 heavy (non-hydrogen) atoms. The average Bonchev–Trinajstić information content (AvgIpc) is 2.43. The van der Waals surface area contributed by atoms with Gasteiger partial charge in [-0.25, -0.2) is 0 Å². The molecule has 110 valence electrons. The molecule has 0 saturated carbocycles. The van der Waals surface area contributed by atoms with Crippen molar-refractivity contribution in [3.05, 3.63) is 36.9 Å². The van der Waals surface area contributed by atoms with E-state index in [1.165, 1.54) is 0 Å². The summed E-state index contributed by atoms with van der Waals surface area (Å²) < 4.78 is 5.42. The Morgan fingerprint density at radius 3 is 2.65 bits per heavy atom. The minimum absolute atomic E-state index is 0.428. The third kappa shape index (κ3) is 5.19. The standard InChI is InChI=1S/C15H22N2O2S/c1-4-10-16-15(20)17(11-12(3)18)13-6-8-14(9-7-13)19-5-2/h4,6-9,12,18H,1,5,10-11H2,2-3H3,(H,16,20). The Labute approximate surface area is 126 Å². The molecule has 1 atom stereocenters. The lowest BCUT2D eigenvalue weighted by atomic mass is 10.2. The molecule has 0 spiro atoms. The molecule has 4 nitrogen and oxygen atoms in total. The first-order valence-corrected chi connectivity index (χ1v) is 7.06. The van der Waals surface area contributed by atoms with Crippen LogP contribution in [-0.2, 0) is 0 Å². The van der Waals surface area contributed by atoms with Crippen LogP contribution >= 0.6 is 12.2 Å². The lowest BCUT2D eigenvalue weighted by Gasteiger charge is -2.27. The Morgan fingerprint density at radius 1 is 1.50 bits per heavy atom. The highest BCUT2D eigenvalue weighted by atomic mass is 32.1. The Bertz CT molecular complexity index is 432. The molecule has 1 aromatic rings. The van der Waals surface area contributed by atoms with Crippen molar-refractivity contribution in [2.24, 2.45) is 0 Å². The van der Waals surface area contributed by atoms with Crippen LogP contribution in [0, 0.1) is 0 Å². The molecule has 0 bridgehead atoms. The summed E-state index contributed by atoms with van der Waals surface area (Å²) in [4.78, 5) is 1.86. The zero-order chi connectivity index (χ0) is 15.0. The lowest BCUT2D eigenvalue weighted by molar-refractivity contribution is 0.204. The van der Waals surface area contributed by atoms with Crippen molar-refractivity contribution in [1.82, 2.24) is 5.32 Å². The van der Waals surface area contributed by atoms with Crippen molar-refractivity contribution in [1.29, 1.82) is 0 Å². The molecule has 0 amide bonds. The van der Waals surface area contributed by atoms with Crippen LogP contribution in [0.1, 0.15) is 13.8 Å². The number of aliphatic hydroxyl groups excluding tert-OH is 1. The fourth-order valence-corrected chi connectivity index (χ4v) is 1.98. The minimum Gasteiger partial charge on any atom is -0.494 e. The van der Waals surface area contributed by atoms with E-state index in [1.54, 1.807) is 13.0 Å². The number of hydrogen-bond acceptors (Lipinski definition) is 3. The van der Waals surface area contributed by atoms with Gasteiger partial charge in [-0.2, -0.15) is 0 Å². The van der Waals surface area contributed by atoms with Crippen LogP contribution in [0.5, 0.6) is 5.75 Å². The third-order valence-electron chi connectivity index (χ3n) is 2.55. The Hall–Kier alpha value is -1.59. The first-order valence-electron chi connectivity index (χ1n) is 6.65. The molecule has 0 heterocycles. The second-order valence-electron chi connectivity index (χ2n) is 4.36.